The van der Waals surface area contributed by atoms with Gasteiger partial charge in [0.05, 0.1) is 5.51 Å². The van der Waals surface area contributed by atoms with E-state index in [1.807, 2.05) is 23.1 Å². The van der Waals surface area contributed by atoms with E-state index in [1.165, 1.54) is 17.6 Å². The van der Waals surface area contributed by atoms with Gasteiger partial charge in [-0.3, -0.25) is 4.79 Å². The van der Waals surface area contributed by atoms with Crippen LogP contribution in [0, 0.1) is 5.41 Å². The van der Waals surface area contributed by atoms with E-state index in [-0.39, 0.29) is 17.9 Å². The number of hydrogen-bond donors (Lipinski definition) is 2. The molecule has 0 saturated carbocycles. The molecule has 0 atom stereocenters. The van der Waals surface area contributed by atoms with E-state index < -0.39 is 0 Å². The molecule has 156 valence electrons. The van der Waals surface area contributed by atoms with Crippen LogP contribution >= 0.6 is 11.3 Å². The molecule has 3 heterocycles. The Hall–Kier alpha value is -3.07. The smallest absolute Gasteiger partial charge is 0.273 e. The first-order valence-electron chi connectivity index (χ1n) is 9.97. The number of piperidine rings is 1. The molecule has 2 N–H and O–H groups in total. The van der Waals surface area contributed by atoms with Gasteiger partial charge in [-0.15, -0.1) is 11.3 Å². The molecule has 4 rings (SSSR count). The third kappa shape index (κ3) is 4.25. The van der Waals surface area contributed by atoms with Gasteiger partial charge in [-0.25, -0.2) is 4.98 Å². The number of carbonyl (C=O) groups excluding carboxylic acids is 1. The Kier molecular flexibility index (Phi) is 5.89. The lowest BCUT2D eigenvalue weighted by Gasteiger charge is -2.29. The van der Waals surface area contributed by atoms with Gasteiger partial charge in [-0.05, 0) is 32.8 Å². The van der Waals surface area contributed by atoms with Crippen LogP contribution in [-0.4, -0.2) is 51.3 Å². The molecule has 1 fully saturated rings. The quantitative estimate of drug-likeness (QED) is 0.579. The lowest BCUT2D eigenvalue weighted by atomic mass is 9.96. The van der Waals surface area contributed by atoms with Gasteiger partial charge in [0, 0.05) is 53.5 Å². The SMILES string of the molecule is CC(C)Nc1cc(-c2noc(C3CCN(C(=O)c4cscn4)CC3)n2)ccc1C=N. The molecule has 0 unspecified atom stereocenters. The Labute approximate surface area is 178 Å². The number of anilines is 1. The summed E-state index contributed by atoms with van der Waals surface area (Å²) in [5.41, 5.74) is 4.72. The van der Waals surface area contributed by atoms with Crippen LogP contribution in [0.3, 0.4) is 0 Å². The van der Waals surface area contributed by atoms with Gasteiger partial charge in [-0.1, -0.05) is 17.3 Å². The van der Waals surface area contributed by atoms with Crippen LogP contribution in [-0.2, 0) is 0 Å². The highest BCUT2D eigenvalue weighted by Crippen LogP contribution is 2.30. The summed E-state index contributed by atoms with van der Waals surface area (Å²) in [6, 6.07) is 5.97. The highest BCUT2D eigenvalue weighted by molar-refractivity contribution is 7.07. The van der Waals surface area contributed by atoms with Gasteiger partial charge in [0.15, 0.2) is 0 Å². The van der Waals surface area contributed by atoms with Crippen molar-refractivity contribution >= 4 is 29.1 Å². The maximum atomic E-state index is 12.5. The van der Waals surface area contributed by atoms with E-state index in [4.69, 9.17) is 9.93 Å². The third-order valence-electron chi connectivity index (χ3n) is 5.14. The Morgan fingerprint density at radius 1 is 1.37 bits per heavy atom. The zero-order valence-electron chi connectivity index (χ0n) is 17.0. The molecule has 1 saturated heterocycles. The number of benzene rings is 1. The summed E-state index contributed by atoms with van der Waals surface area (Å²) in [4.78, 5) is 23.0. The van der Waals surface area contributed by atoms with Crippen LogP contribution in [0.15, 0.2) is 33.6 Å². The lowest BCUT2D eigenvalue weighted by molar-refractivity contribution is 0.0699. The second-order valence-electron chi connectivity index (χ2n) is 7.64. The molecular formula is C21H24N6O2S. The molecule has 1 aromatic carbocycles. The summed E-state index contributed by atoms with van der Waals surface area (Å²) in [5.74, 6) is 1.27. The molecule has 1 aliphatic rings. The Morgan fingerprint density at radius 2 is 2.17 bits per heavy atom. The molecule has 0 spiro atoms. The first-order chi connectivity index (χ1) is 14.5. The van der Waals surface area contributed by atoms with E-state index in [1.54, 1.807) is 10.9 Å². The fourth-order valence-electron chi connectivity index (χ4n) is 3.59. The van der Waals surface area contributed by atoms with Crippen molar-refractivity contribution in [3.8, 4) is 11.4 Å². The number of carbonyl (C=O) groups is 1. The third-order valence-corrected chi connectivity index (χ3v) is 5.72. The summed E-state index contributed by atoms with van der Waals surface area (Å²) in [6.07, 6.45) is 2.89. The summed E-state index contributed by atoms with van der Waals surface area (Å²) in [5, 5.41) is 16.9. The van der Waals surface area contributed by atoms with Crippen molar-refractivity contribution in [1.29, 1.82) is 5.41 Å². The minimum Gasteiger partial charge on any atom is -0.382 e. The van der Waals surface area contributed by atoms with Crippen LogP contribution in [0.2, 0.25) is 0 Å². The number of thiazole rings is 1. The zero-order valence-corrected chi connectivity index (χ0v) is 17.8. The Bertz CT molecular complexity index is 1020. The van der Waals surface area contributed by atoms with E-state index >= 15 is 0 Å². The molecule has 30 heavy (non-hydrogen) atoms. The number of hydrogen-bond acceptors (Lipinski definition) is 8. The average molecular weight is 425 g/mol. The molecule has 3 aromatic rings. The number of nitrogens with zero attached hydrogens (tertiary/aromatic N) is 4. The summed E-state index contributed by atoms with van der Waals surface area (Å²) in [7, 11) is 0. The first-order valence-corrected chi connectivity index (χ1v) is 10.9. The van der Waals surface area contributed by atoms with Crippen LogP contribution in [0.1, 0.15) is 54.5 Å². The summed E-state index contributed by atoms with van der Waals surface area (Å²) < 4.78 is 5.56. The van der Waals surface area contributed by atoms with Gasteiger partial charge < -0.3 is 20.1 Å². The average Bonchev–Trinajstić information content (AvgIpc) is 3.45. The standard InChI is InChI=1S/C21H24N6O2S/c1-13(2)24-17-9-15(3-4-16(17)10-22)19-25-20(29-26-19)14-5-7-27(8-6-14)21(28)18-11-30-12-23-18/h3-4,9-14,22,24H,5-8H2,1-2H3. The van der Waals surface area contributed by atoms with Crippen molar-refractivity contribution in [3.05, 3.63) is 46.2 Å². The number of likely N-dealkylation sites (tertiary alicyclic amines) is 1. The van der Waals surface area contributed by atoms with Crippen molar-refractivity contribution in [3.63, 3.8) is 0 Å². The molecule has 0 radical (unpaired) electrons. The Balaban J connectivity index is 1.45. The number of aromatic nitrogens is 3. The summed E-state index contributed by atoms with van der Waals surface area (Å²) >= 11 is 1.43. The van der Waals surface area contributed by atoms with Crippen molar-refractivity contribution in [1.82, 2.24) is 20.0 Å². The van der Waals surface area contributed by atoms with Crippen molar-refractivity contribution < 1.29 is 9.32 Å². The van der Waals surface area contributed by atoms with Crippen LogP contribution in [0.25, 0.3) is 11.4 Å². The second-order valence-corrected chi connectivity index (χ2v) is 8.36. The van der Waals surface area contributed by atoms with Gasteiger partial charge in [-0.2, -0.15) is 4.98 Å². The second kappa shape index (κ2) is 8.74. The van der Waals surface area contributed by atoms with Gasteiger partial charge in [0.25, 0.3) is 5.91 Å². The zero-order chi connectivity index (χ0) is 21.1. The fraction of sp³-hybridized carbons (Fsp3) is 0.381. The summed E-state index contributed by atoms with van der Waals surface area (Å²) in [6.45, 7) is 5.40. The Morgan fingerprint density at radius 3 is 2.83 bits per heavy atom. The number of amides is 1. The monoisotopic (exact) mass is 424 g/mol. The van der Waals surface area contributed by atoms with Crippen LogP contribution in [0.5, 0.6) is 0 Å². The van der Waals surface area contributed by atoms with E-state index in [9.17, 15) is 4.79 Å². The largest absolute Gasteiger partial charge is 0.382 e. The predicted octanol–water partition coefficient (Wildman–Crippen LogP) is 4.03. The van der Waals surface area contributed by atoms with E-state index in [2.05, 4.69) is 34.3 Å². The minimum absolute atomic E-state index is 0.0163. The molecule has 1 amide bonds. The lowest BCUT2D eigenvalue weighted by Crippen LogP contribution is -2.38. The minimum atomic E-state index is -0.0163. The van der Waals surface area contributed by atoms with Crippen molar-refractivity contribution in [2.45, 2.75) is 38.6 Å². The number of rotatable bonds is 6. The van der Waals surface area contributed by atoms with Gasteiger partial charge in [0.2, 0.25) is 11.7 Å². The van der Waals surface area contributed by atoms with Crippen LogP contribution in [0.4, 0.5) is 5.69 Å². The van der Waals surface area contributed by atoms with Gasteiger partial charge in [0.1, 0.15) is 5.69 Å². The maximum absolute atomic E-state index is 12.5. The number of nitrogens with one attached hydrogen (secondary N) is 2. The topological polar surface area (TPSA) is 108 Å². The van der Waals surface area contributed by atoms with E-state index in [0.717, 1.165) is 29.7 Å². The molecule has 0 bridgehead atoms. The highest BCUT2D eigenvalue weighted by atomic mass is 32.1. The highest BCUT2D eigenvalue weighted by Gasteiger charge is 2.28. The van der Waals surface area contributed by atoms with Crippen molar-refractivity contribution in [2.75, 3.05) is 18.4 Å². The molecule has 0 aliphatic carbocycles. The molecule has 9 heteroatoms. The van der Waals surface area contributed by atoms with Crippen molar-refractivity contribution in [2.24, 2.45) is 0 Å². The van der Waals surface area contributed by atoms with Gasteiger partial charge >= 0.3 is 0 Å². The predicted molar refractivity (Wildman–Crippen MR) is 116 cm³/mol. The fourth-order valence-corrected chi connectivity index (χ4v) is 4.11. The molecular weight excluding hydrogens is 400 g/mol. The molecule has 2 aromatic heterocycles. The van der Waals surface area contributed by atoms with Crippen LogP contribution < -0.4 is 5.32 Å². The molecule has 8 nitrogen and oxygen atoms in total. The first kappa shape index (κ1) is 20.2. The van der Waals surface area contributed by atoms with E-state index in [0.29, 0.717) is 30.5 Å². The normalized spacial score (nSPS) is 14.8. The maximum Gasteiger partial charge on any atom is 0.273 e. The molecule has 1 aliphatic heterocycles.